The van der Waals surface area contributed by atoms with Gasteiger partial charge >= 0.3 is 0 Å². The largest absolute Gasteiger partial charge is 0.108 e. The van der Waals surface area contributed by atoms with Crippen LogP contribution in [0.15, 0.2) is 0 Å². The second-order valence-corrected chi connectivity index (χ2v) is 6.91. The third-order valence-electron chi connectivity index (χ3n) is 1.69. The number of hydrogen-bond donors (Lipinski definition) is 0. The molecule has 1 unspecified atom stereocenters. The van der Waals surface area contributed by atoms with Crippen LogP contribution in [0.1, 0.15) is 46.5 Å². The van der Waals surface area contributed by atoms with Crippen LogP contribution in [0.5, 0.6) is 0 Å². The molecule has 0 amide bonds. The highest BCUT2D eigenvalue weighted by molar-refractivity contribution is 8.47. The topological polar surface area (TPSA) is 0 Å². The standard InChI is InChI=1S/C10H20S3/c1-4-6-7-9(3)13-10(11)12-8-5-2/h9H,4-8H2,1-3H3. The van der Waals surface area contributed by atoms with Crippen LogP contribution in [0.3, 0.4) is 0 Å². The lowest BCUT2D eigenvalue weighted by Crippen LogP contribution is -1.98. The number of rotatable bonds is 6. The molecule has 0 aromatic heterocycles. The fourth-order valence-corrected chi connectivity index (χ4v) is 3.68. The van der Waals surface area contributed by atoms with E-state index in [1.54, 1.807) is 0 Å². The van der Waals surface area contributed by atoms with Gasteiger partial charge in [0.1, 0.15) is 3.53 Å². The van der Waals surface area contributed by atoms with Gasteiger partial charge in [0, 0.05) is 5.25 Å². The van der Waals surface area contributed by atoms with Gasteiger partial charge in [-0.3, -0.25) is 0 Å². The second-order valence-electron chi connectivity index (χ2n) is 3.17. The van der Waals surface area contributed by atoms with Crippen molar-refractivity contribution < 1.29 is 0 Å². The molecule has 0 heterocycles. The van der Waals surface area contributed by atoms with E-state index in [-0.39, 0.29) is 0 Å². The molecule has 0 saturated heterocycles. The van der Waals surface area contributed by atoms with Gasteiger partial charge in [0.25, 0.3) is 0 Å². The summed E-state index contributed by atoms with van der Waals surface area (Å²) < 4.78 is 1.13. The highest BCUT2D eigenvalue weighted by Gasteiger charge is 2.05. The minimum absolute atomic E-state index is 0.705. The summed E-state index contributed by atoms with van der Waals surface area (Å²) in [5, 5.41) is 0.705. The summed E-state index contributed by atoms with van der Waals surface area (Å²) >= 11 is 8.98. The van der Waals surface area contributed by atoms with Gasteiger partial charge in [-0.05, 0) is 18.6 Å². The smallest absolute Gasteiger partial charge is 0.104 e. The average molecular weight is 236 g/mol. The van der Waals surface area contributed by atoms with E-state index in [0.717, 1.165) is 3.53 Å². The summed E-state index contributed by atoms with van der Waals surface area (Å²) in [5.74, 6) is 1.17. The van der Waals surface area contributed by atoms with E-state index in [0.29, 0.717) is 5.25 Å². The Kier molecular flexibility index (Phi) is 9.92. The molecule has 0 rings (SSSR count). The molecule has 0 bridgehead atoms. The van der Waals surface area contributed by atoms with E-state index in [4.69, 9.17) is 12.2 Å². The number of thiocarbonyl (C=S) groups is 1. The number of unbranched alkanes of at least 4 members (excludes halogenated alkanes) is 1. The molecule has 0 aliphatic carbocycles. The van der Waals surface area contributed by atoms with Crippen LogP contribution in [0, 0.1) is 0 Å². The van der Waals surface area contributed by atoms with Crippen LogP contribution in [0.4, 0.5) is 0 Å². The lowest BCUT2D eigenvalue weighted by atomic mass is 10.2. The molecule has 1 atom stereocenters. The van der Waals surface area contributed by atoms with Gasteiger partial charge in [0.2, 0.25) is 0 Å². The van der Waals surface area contributed by atoms with Crippen LogP contribution in [0.2, 0.25) is 0 Å². The van der Waals surface area contributed by atoms with Gasteiger partial charge in [-0.25, -0.2) is 0 Å². The fourth-order valence-electron chi connectivity index (χ4n) is 0.934. The number of thioether (sulfide) groups is 2. The van der Waals surface area contributed by atoms with Crippen LogP contribution in [-0.2, 0) is 0 Å². The Bertz CT molecular complexity index is 134. The summed E-state index contributed by atoms with van der Waals surface area (Å²) in [6.45, 7) is 6.71. The maximum absolute atomic E-state index is 5.27. The van der Waals surface area contributed by atoms with Crippen molar-refractivity contribution >= 4 is 39.3 Å². The van der Waals surface area contributed by atoms with E-state index in [9.17, 15) is 0 Å². The SMILES string of the molecule is CCCCC(C)SC(=S)SCCC. The van der Waals surface area contributed by atoms with Gasteiger partial charge < -0.3 is 0 Å². The molecule has 78 valence electrons. The average Bonchev–Trinajstić information content (AvgIpc) is 2.11. The number of hydrogen-bond acceptors (Lipinski definition) is 3. The minimum Gasteiger partial charge on any atom is -0.108 e. The first-order chi connectivity index (χ1) is 6.20. The first kappa shape index (κ1) is 13.8. The van der Waals surface area contributed by atoms with Crippen molar-refractivity contribution in [1.29, 1.82) is 0 Å². The van der Waals surface area contributed by atoms with Crippen LogP contribution in [-0.4, -0.2) is 14.5 Å². The van der Waals surface area contributed by atoms with Crippen LogP contribution >= 0.6 is 35.7 Å². The third-order valence-corrected chi connectivity index (χ3v) is 4.65. The monoisotopic (exact) mass is 236 g/mol. The quantitative estimate of drug-likeness (QED) is 0.612. The zero-order chi connectivity index (χ0) is 10.1. The first-order valence-electron chi connectivity index (χ1n) is 5.04. The maximum atomic E-state index is 5.27. The first-order valence-corrected chi connectivity index (χ1v) is 7.31. The molecule has 0 spiro atoms. The van der Waals surface area contributed by atoms with Gasteiger partial charge in [-0.2, -0.15) is 0 Å². The van der Waals surface area contributed by atoms with Crippen molar-refractivity contribution in [3.05, 3.63) is 0 Å². The molecule has 0 aromatic carbocycles. The Balaban J connectivity index is 3.41. The molecule has 3 heteroatoms. The summed E-state index contributed by atoms with van der Waals surface area (Å²) in [4.78, 5) is 0. The highest BCUT2D eigenvalue weighted by atomic mass is 32.2. The lowest BCUT2D eigenvalue weighted by Gasteiger charge is -2.10. The molecule has 0 radical (unpaired) electrons. The fraction of sp³-hybridized carbons (Fsp3) is 0.900. The summed E-state index contributed by atoms with van der Waals surface area (Å²) in [5.41, 5.74) is 0. The van der Waals surface area contributed by atoms with E-state index in [1.165, 1.54) is 31.4 Å². The van der Waals surface area contributed by atoms with Gasteiger partial charge in [0.15, 0.2) is 0 Å². The third kappa shape index (κ3) is 9.10. The Morgan fingerprint density at radius 1 is 1.31 bits per heavy atom. The van der Waals surface area contributed by atoms with Gasteiger partial charge in [-0.1, -0.05) is 45.8 Å². The van der Waals surface area contributed by atoms with Crippen molar-refractivity contribution in [3.63, 3.8) is 0 Å². The van der Waals surface area contributed by atoms with Crippen molar-refractivity contribution in [2.24, 2.45) is 0 Å². The zero-order valence-electron chi connectivity index (χ0n) is 8.84. The molecule has 13 heavy (non-hydrogen) atoms. The second kappa shape index (κ2) is 9.35. The van der Waals surface area contributed by atoms with Crippen molar-refractivity contribution in [2.75, 3.05) is 5.75 Å². The predicted molar refractivity (Wildman–Crippen MR) is 71.9 cm³/mol. The van der Waals surface area contributed by atoms with E-state index in [1.807, 2.05) is 23.5 Å². The molecule has 0 aliphatic rings. The molecular weight excluding hydrogens is 216 g/mol. The molecule has 0 fully saturated rings. The minimum atomic E-state index is 0.705. The predicted octanol–water partition coefficient (Wildman–Crippen LogP) is 4.73. The normalized spacial score (nSPS) is 12.8. The summed E-state index contributed by atoms with van der Waals surface area (Å²) in [6.07, 6.45) is 5.14. The summed E-state index contributed by atoms with van der Waals surface area (Å²) in [7, 11) is 0. The van der Waals surface area contributed by atoms with Gasteiger partial charge in [0.05, 0.1) is 0 Å². The molecule has 0 nitrogen and oxygen atoms in total. The Morgan fingerprint density at radius 2 is 2.00 bits per heavy atom. The highest BCUT2D eigenvalue weighted by Crippen LogP contribution is 2.25. The molecular formula is C10H20S3. The van der Waals surface area contributed by atoms with Crippen LogP contribution < -0.4 is 0 Å². The van der Waals surface area contributed by atoms with Crippen LogP contribution in [0.25, 0.3) is 0 Å². The van der Waals surface area contributed by atoms with E-state index < -0.39 is 0 Å². The Labute approximate surface area is 96.6 Å². The zero-order valence-corrected chi connectivity index (χ0v) is 11.3. The van der Waals surface area contributed by atoms with Crippen molar-refractivity contribution in [1.82, 2.24) is 0 Å². The maximum Gasteiger partial charge on any atom is 0.104 e. The lowest BCUT2D eigenvalue weighted by molar-refractivity contribution is 0.715. The Morgan fingerprint density at radius 3 is 2.54 bits per heavy atom. The van der Waals surface area contributed by atoms with E-state index >= 15 is 0 Å². The molecule has 0 saturated carbocycles. The van der Waals surface area contributed by atoms with E-state index in [2.05, 4.69) is 20.8 Å². The molecule has 0 aromatic rings. The molecule has 0 N–H and O–H groups in total. The summed E-state index contributed by atoms with van der Waals surface area (Å²) in [6, 6.07) is 0. The van der Waals surface area contributed by atoms with Crippen molar-refractivity contribution in [2.45, 2.75) is 51.7 Å². The van der Waals surface area contributed by atoms with Crippen molar-refractivity contribution in [3.8, 4) is 0 Å². The van der Waals surface area contributed by atoms with Gasteiger partial charge in [-0.15, -0.1) is 23.5 Å². The molecule has 0 aliphatic heterocycles. The Hall–Kier alpha value is 0.790.